The third-order valence-electron chi connectivity index (χ3n) is 4.40. The normalized spacial score (nSPS) is 19.4. The molecule has 21 heavy (non-hydrogen) atoms. The third kappa shape index (κ3) is 3.03. The van der Waals surface area contributed by atoms with Crippen LogP contribution in [0.4, 0.5) is 0 Å². The van der Waals surface area contributed by atoms with E-state index in [1.54, 1.807) is 18.2 Å². The maximum atomic E-state index is 13.0. The molecule has 2 aliphatic rings. The highest BCUT2D eigenvalue weighted by molar-refractivity contribution is 7.89. The number of hydrogen-bond acceptors (Lipinski definition) is 4. The monoisotopic (exact) mass is 313 g/mol. The second-order valence-corrected chi connectivity index (χ2v) is 8.26. The van der Waals surface area contributed by atoms with Gasteiger partial charge < -0.3 is 9.52 Å². The second-order valence-electron chi connectivity index (χ2n) is 6.39. The topological polar surface area (TPSA) is 70.8 Å². The third-order valence-corrected chi connectivity index (χ3v) is 6.43. The molecular weight excluding hydrogens is 290 g/mol. The Hall–Kier alpha value is -0.850. The number of nitrogens with zero attached hydrogens (tertiary/aromatic N) is 1. The van der Waals surface area contributed by atoms with Crippen LogP contribution in [0.3, 0.4) is 0 Å². The van der Waals surface area contributed by atoms with Crippen LogP contribution in [0.1, 0.15) is 42.8 Å². The van der Waals surface area contributed by atoms with E-state index in [-0.39, 0.29) is 11.5 Å². The summed E-state index contributed by atoms with van der Waals surface area (Å²) in [6.45, 7) is 4.26. The average Bonchev–Trinajstić information content (AvgIpc) is 3.30. The summed E-state index contributed by atoms with van der Waals surface area (Å²) < 4.78 is 33.1. The summed E-state index contributed by atoms with van der Waals surface area (Å²) in [6, 6.07) is 0. The summed E-state index contributed by atoms with van der Waals surface area (Å²) in [5, 5.41) is 9.50. The minimum atomic E-state index is -3.58. The zero-order chi connectivity index (χ0) is 15.2. The molecule has 1 heterocycles. The molecule has 3 rings (SSSR count). The molecule has 6 heteroatoms. The first-order chi connectivity index (χ1) is 9.93. The van der Waals surface area contributed by atoms with Crippen molar-refractivity contribution in [3.63, 3.8) is 0 Å². The van der Waals surface area contributed by atoms with E-state index >= 15 is 0 Å². The highest BCUT2D eigenvalue weighted by atomic mass is 32.2. The van der Waals surface area contributed by atoms with Crippen LogP contribution in [-0.2, 0) is 16.6 Å². The van der Waals surface area contributed by atoms with Crippen molar-refractivity contribution < 1.29 is 17.9 Å². The Kier molecular flexibility index (Phi) is 3.88. The first kappa shape index (κ1) is 15.1. The fraction of sp³-hybridized carbons (Fsp3) is 0.733. The van der Waals surface area contributed by atoms with Crippen molar-refractivity contribution in [1.29, 1.82) is 0 Å². The van der Waals surface area contributed by atoms with Crippen molar-refractivity contribution in [1.82, 2.24) is 4.31 Å². The number of aliphatic hydroxyl groups is 1. The summed E-state index contributed by atoms with van der Waals surface area (Å²) >= 11 is 0. The molecule has 0 aromatic carbocycles. The van der Waals surface area contributed by atoms with E-state index in [4.69, 9.17) is 4.42 Å². The maximum Gasteiger partial charge on any atom is 0.246 e. The lowest BCUT2D eigenvalue weighted by molar-refractivity contribution is 0.276. The summed E-state index contributed by atoms with van der Waals surface area (Å²) in [5.74, 6) is 1.88. The molecule has 1 N–H and O–H groups in total. The van der Waals surface area contributed by atoms with Crippen molar-refractivity contribution in [3.05, 3.63) is 17.1 Å². The van der Waals surface area contributed by atoms with Crippen LogP contribution >= 0.6 is 0 Å². The van der Waals surface area contributed by atoms with Gasteiger partial charge in [0.1, 0.15) is 16.4 Å². The molecule has 0 bridgehead atoms. The van der Waals surface area contributed by atoms with Gasteiger partial charge in [-0.15, -0.1) is 0 Å². The molecule has 5 nitrogen and oxygen atoms in total. The largest absolute Gasteiger partial charge is 0.465 e. The van der Waals surface area contributed by atoms with Gasteiger partial charge in [0.15, 0.2) is 0 Å². The van der Waals surface area contributed by atoms with E-state index in [0.29, 0.717) is 42.0 Å². The zero-order valence-electron chi connectivity index (χ0n) is 12.6. The van der Waals surface area contributed by atoms with E-state index in [9.17, 15) is 13.5 Å². The van der Waals surface area contributed by atoms with Crippen molar-refractivity contribution in [2.75, 3.05) is 13.1 Å². The molecule has 0 saturated heterocycles. The van der Waals surface area contributed by atoms with Crippen LogP contribution in [0.2, 0.25) is 0 Å². The quantitative estimate of drug-likeness (QED) is 0.838. The van der Waals surface area contributed by atoms with E-state index in [1.165, 1.54) is 0 Å². The first-order valence-corrected chi connectivity index (χ1v) is 9.07. The Balaban J connectivity index is 1.95. The van der Waals surface area contributed by atoms with Gasteiger partial charge >= 0.3 is 0 Å². The molecule has 0 spiro atoms. The van der Waals surface area contributed by atoms with Crippen LogP contribution in [0, 0.1) is 25.7 Å². The molecule has 0 unspecified atom stereocenters. The van der Waals surface area contributed by atoms with Crippen LogP contribution in [0.5, 0.6) is 0 Å². The maximum absolute atomic E-state index is 13.0. The molecule has 1 aromatic rings. The Labute approximate surface area is 126 Å². The van der Waals surface area contributed by atoms with Crippen molar-refractivity contribution in [3.8, 4) is 0 Å². The van der Waals surface area contributed by atoms with Gasteiger partial charge in [0, 0.05) is 18.7 Å². The Morgan fingerprint density at radius 2 is 1.62 bits per heavy atom. The van der Waals surface area contributed by atoms with Crippen LogP contribution in [0.25, 0.3) is 0 Å². The highest BCUT2D eigenvalue weighted by Gasteiger charge is 2.38. The second kappa shape index (κ2) is 5.41. The lowest BCUT2D eigenvalue weighted by Gasteiger charge is -2.22. The molecule has 2 fully saturated rings. The number of sulfonamides is 1. The molecule has 1 aromatic heterocycles. The van der Waals surface area contributed by atoms with Crippen LogP contribution < -0.4 is 0 Å². The molecule has 0 radical (unpaired) electrons. The van der Waals surface area contributed by atoms with E-state index < -0.39 is 10.0 Å². The Morgan fingerprint density at radius 3 is 2.05 bits per heavy atom. The van der Waals surface area contributed by atoms with E-state index in [1.807, 2.05) is 0 Å². The standard InChI is InChI=1S/C15H23NO4S/c1-10-14(9-17)15(11(2)20-10)21(18,19)16(7-12-3-4-12)8-13-5-6-13/h12-13,17H,3-9H2,1-2H3. The Morgan fingerprint density at radius 1 is 1.10 bits per heavy atom. The van der Waals surface area contributed by atoms with E-state index in [2.05, 4.69) is 0 Å². The van der Waals surface area contributed by atoms with Gasteiger partial charge in [0.05, 0.1) is 6.61 Å². The van der Waals surface area contributed by atoms with Crippen molar-refractivity contribution in [2.45, 2.75) is 51.0 Å². The minimum absolute atomic E-state index is 0.184. The predicted molar refractivity (Wildman–Crippen MR) is 78.3 cm³/mol. The van der Waals surface area contributed by atoms with Gasteiger partial charge in [-0.3, -0.25) is 0 Å². The van der Waals surface area contributed by atoms with Gasteiger partial charge in [0.25, 0.3) is 0 Å². The number of furan rings is 1. The van der Waals surface area contributed by atoms with Crippen molar-refractivity contribution in [2.24, 2.45) is 11.8 Å². The molecule has 0 atom stereocenters. The lowest BCUT2D eigenvalue weighted by Crippen LogP contribution is -2.35. The summed E-state index contributed by atoms with van der Waals surface area (Å²) in [4.78, 5) is 0.184. The van der Waals surface area contributed by atoms with Crippen LogP contribution in [0.15, 0.2) is 9.31 Å². The SMILES string of the molecule is Cc1oc(C)c(S(=O)(=O)N(CC2CC2)CC2CC2)c1CO. The smallest absolute Gasteiger partial charge is 0.246 e. The molecular formula is C15H23NO4S. The summed E-state index contributed by atoms with van der Waals surface area (Å²) in [7, 11) is -3.58. The molecule has 2 aliphatic carbocycles. The minimum Gasteiger partial charge on any atom is -0.465 e. The molecule has 0 amide bonds. The van der Waals surface area contributed by atoms with Crippen molar-refractivity contribution >= 4 is 10.0 Å². The van der Waals surface area contributed by atoms with Gasteiger partial charge in [-0.1, -0.05) is 0 Å². The van der Waals surface area contributed by atoms with Gasteiger partial charge in [-0.25, -0.2) is 8.42 Å². The average molecular weight is 313 g/mol. The number of aryl methyl sites for hydroxylation is 2. The number of aliphatic hydroxyl groups excluding tert-OH is 1. The molecule has 118 valence electrons. The van der Waals surface area contributed by atoms with Gasteiger partial charge in [-0.05, 0) is 51.4 Å². The molecule has 0 aliphatic heterocycles. The fourth-order valence-electron chi connectivity index (χ4n) is 2.81. The fourth-order valence-corrected chi connectivity index (χ4v) is 4.80. The number of rotatable bonds is 7. The Bertz CT molecular complexity index is 612. The summed E-state index contributed by atoms with van der Waals surface area (Å²) in [5.41, 5.74) is 0.407. The molecule has 2 saturated carbocycles. The van der Waals surface area contributed by atoms with Crippen LogP contribution in [-0.4, -0.2) is 30.9 Å². The first-order valence-electron chi connectivity index (χ1n) is 7.63. The van der Waals surface area contributed by atoms with Gasteiger partial charge in [0.2, 0.25) is 10.0 Å². The van der Waals surface area contributed by atoms with E-state index in [0.717, 1.165) is 25.7 Å². The number of hydrogen-bond donors (Lipinski definition) is 1. The summed E-state index contributed by atoms with van der Waals surface area (Å²) in [6.07, 6.45) is 4.47. The predicted octanol–water partition coefficient (Wildman–Crippen LogP) is 2.20. The lowest BCUT2D eigenvalue weighted by atomic mass is 10.2. The van der Waals surface area contributed by atoms with Gasteiger partial charge in [-0.2, -0.15) is 4.31 Å². The highest BCUT2D eigenvalue weighted by Crippen LogP contribution is 2.37. The zero-order valence-corrected chi connectivity index (χ0v) is 13.4.